The molecule has 2 aromatic carbocycles. The average molecular weight is 666 g/mol. The Morgan fingerprint density at radius 1 is 1.05 bits per heavy atom. The van der Waals surface area contributed by atoms with Gasteiger partial charge in [-0.25, -0.2) is 13.5 Å². The van der Waals surface area contributed by atoms with Crippen molar-refractivity contribution in [2.45, 2.75) is 43.6 Å². The second-order valence-corrected chi connectivity index (χ2v) is 10.4. The molecule has 1 fully saturated rings. The maximum absolute atomic E-state index is 14.1. The van der Waals surface area contributed by atoms with E-state index in [1.807, 2.05) is 0 Å². The minimum absolute atomic E-state index is 0.00301. The third-order valence-electron chi connectivity index (χ3n) is 6.60. The van der Waals surface area contributed by atoms with Gasteiger partial charge in [0.05, 0.1) is 28.5 Å². The molecule has 1 aliphatic rings. The van der Waals surface area contributed by atoms with Gasteiger partial charge in [0.15, 0.2) is 5.82 Å². The van der Waals surface area contributed by atoms with Crippen molar-refractivity contribution in [1.29, 1.82) is 0 Å². The monoisotopic (exact) mass is 664 g/mol. The van der Waals surface area contributed by atoms with Crippen LogP contribution in [0.1, 0.15) is 29.4 Å². The summed E-state index contributed by atoms with van der Waals surface area (Å²) in [5.41, 5.74) is -1.53. The number of aromatic nitrogens is 6. The van der Waals surface area contributed by atoms with E-state index >= 15 is 0 Å². The van der Waals surface area contributed by atoms with Crippen LogP contribution in [0.5, 0.6) is 0 Å². The van der Waals surface area contributed by atoms with Crippen molar-refractivity contribution in [1.82, 2.24) is 29.8 Å². The number of aryl methyl sites for hydroxylation is 1. The Bertz CT molecular complexity index is 1580. The zero-order valence-corrected chi connectivity index (χ0v) is 23.0. The van der Waals surface area contributed by atoms with Gasteiger partial charge in [-0.2, -0.15) is 13.2 Å². The van der Waals surface area contributed by atoms with Gasteiger partial charge in [0.25, 0.3) is 0 Å². The normalized spacial score (nSPS) is 23.2. The first kappa shape index (κ1) is 29.5. The number of halogens is 7. The molecule has 2 aromatic heterocycles. The summed E-state index contributed by atoms with van der Waals surface area (Å²) in [5, 5.41) is 47.8. The molecule has 0 amide bonds. The molecule has 0 radical (unpaired) electrons. The van der Waals surface area contributed by atoms with Crippen LogP contribution < -0.4 is 0 Å². The van der Waals surface area contributed by atoms with Crippen molar-refractivity contribution in [2.75, 3.05) is 6.61 Å². The zero-order valence-electron chi connectivity index (χ0n) is 20.6. The Morgan fingerprint density at radius 3 is 2.37 bits per heavy atom. The Balaban J connectivity index is 1.58. The summed E-state index contributed by atoms with van der Waals surface area (Å²) in [5.74, 6) is -2.10. The predicted molar refractivity (Wildman–Crippen MR) is 135 cm³/mol. The van der Waals surface area contributed by atoms with Crippen LogP contribution in [0.3, 0.4) is 0 Å². The Labute approximate surface area is 241 Å². The van der Waals surface area contributed by atoms with E-state index in [0.717, 1.165) is 39.6 Å². The number of nitrogens with zero attached hydrogens (tertiary/aromatic N) is 6. The molecule has 4 aromatic rings. The number of alkyl halides is 3. The SMILES string of the molecule is Cc1nnc([C@@H]2O[C@H](CO)[C@H](O)[C@H](n3cc(-c4cc(F)c(Br)c(F)c4)nn3)[C@H]2O)n1-c1cc(Cl)ccc1C(F)(F)F. The number of rotatable bonds is 5. The molecular formula is C24H19BrClF5N6O4. The lowest BCUT2D eigenvalue weighted by Crippen LogP contribution is -2.53. The Kier molecular flexibility index (Phi) is 7.90. The van der Waals surface area contributed by atoms with Crippen LogP contribution in [0.25, 0.3) is 16.9 Å². The third-order valence-corrected chi connectivity index (χ3v) is 7.59. The van der Waals surface area contributed by atoms with E-state index in [1.165, 1.54) is 13.1 Å². The van der Waals surface area contributed by atoms with E-state index in [-0.39, 0.29) is 32.4 Å². The molecule has 5 rings (SSSR count). The summed E-state index contributed by atoms with van der Waals surface area (Å²) < 4.78 is 77.3. The number of aliphatic hydroxyl groups excluding tert-OH is 3. The van der Waals surface area contributed by atoms with E-state index in [4.69, 9.17) is 16.3 Å². The van der Waals surface area contributed by atoms with Gasteiger partial charge in [-0.05, 0) is 53.2 Å². The highest BCUT2D eigenvalue weighted by molar-refractivity contribution is 9.10. The standard InChI is InChI=1S/C24H19BrClF5N6O4/c1-9-32-34-23(37(9)16-6-11(26)2-3-12(16)24(29,30)31)22-21(40)19(20(39)17(8-38)41-22)36-7-15(33-35-36)10-4-13(27)18(25)14(28)5-10/h2-7,17,19-22,38-40H,8H2,1H3/t17-,19+,20+,21-,22-/m1/s1. The number of aliphatic hydroxyl groups is 3. The van der Waals surface area contributed by atoms with Gasteiger partial charge in [0, 0.05) is 10.6 Å². The van der Waals surface area contributed by atoms with Crippen LogP contribution in [0, 0.1) is 18.6 Å². The van der Waals surface area contributed by atoms with Gasteiger partial charge < -0.3 is 20.1 Å². The van der Waals surface area contributed by atoms with Gasteiger partial charge in [-0.3, -0.25) is 4.57 Å². The molecule has 0 saturated carbocycles. The molecule has 3 heterocycles. The van der Waals surface area contributed by atoms with Crippen molar-refractivity contribution < 1.29 is 42.0 Å². The molecule has 17 heteroatoms. The lowest BCUT2D eigenvalue weighted by molar-refractivity contribution is -0.210. The number of ether oxygens (including phenoxy) is 1. The van der Waals surface area contributed by atoms with Crippen molar-refractivity contribution in [3.05, 3.63) is 74.9 Å². The molecule has 0 aliphatic carbocycles. The second-order valence-electron chi connectivity index (χ2n) is 9.19. The lowest BCUT2D eigenvalue weighted by atomic mass is 9.92. The topological polar surface area (TPSA) is 131 Å². The summed E-state index contributed by atoms with van der Waals surface area (Å²) in [6.45, 7) is 0.618. The molecule has 0 bridgehead atoms. The van der Waals surface area contributed by atoms with Crippen molar-refractivity contribution >= 4 is 27.5 Å². The fourth-order valence-corrected chi connectivity index (χ4v) is 5.07. The number of hydrogen-bond donors (Lipinski definition) is 3. The fourth-order valence-electron chi connectivity index (χ4n) is 4.68. The van der Waals surface area contributed by atoms with E-state index in [2.05, 4.69) is 36.4 Å². The highest BCUT2D eigenvalue weighted by Crippen LogP contribution is 2.41. The van der Waals surface area contributed by atoms with Crippen molar-refractivity contribution in [2.24, 2.45) is 0 Å². The molecule has 0 unspecified atom stereocenters. The summed E-state index contributed by atoms with van der Waals surface area (Å²) >= 11 is 8.79. The molecule has 41 heavy (non-hydrogen) atoms. The van der Waals surface area contributed by atoms with Crippen molar-refractivity contribution in [3.63, 3.8) is 0 Å². The molecular weight excluding hydrogens is 647 g/mol. The van der Waals surface area contributed by atoms with Crippen LogP contribution in [0.15, 0.2) is 41.0 Å². The van der Waals surface area contributed by atoms with Crippen LogP contribution in [0.2, 0.25) is 5.02 Å². The number of benzene rings is 2. The highest BCUT2D eigenvalue weighted by atomic mass is 79.9. The molecule has 5 atom stereocenters. The van der Waals surface area contributed by atoms with E-state index in [0.29, 0.717) is 0 Å². The maximum atomic E-state index is 14.1. The molecule has 1 saturated heterocycles. The Morgan fingerprint density at radius 2 is 1.73 bits per heavy atom. The quantitative estimate of drug-likeness (QED) is 0.216. The lowest BCUT2D eigenvalue weighted by Gasteiger charge is -2.41. The molecule has 10 nitrogen and oxygen atoms in total. The molecule has 218 valence electrons. The van der Waals surface area contributed by atoms with Crippen LogP contribution in [-0.2, 0) is 10.9 Å². The first-order chi connectivity index (χ1) is 19.3. The van der Waals surface area contributed by atoms with E-state index in [9.17, 15) is 37.3 Å². The third kappa shape index (κ3) is 5.35. The fraction of sp³-hybridized carbons (Fsp3) is 0.333. The second kappa shape index (κ2) is 11.0. The van der Waals surface area contributed by atoms with Crippen LogP contribution in [-0.4, -0.2) is 70.0 Å². The molecule has 1 aliphatic heterocycles. The first-order valence-electron chi connectivity index (χ1n) is 11.8. The molecule has 0 spiro atoms. The van der Waals surface area contributed by atoms with E-state index in [1.54, 1.807) is 0 Å². The number of hydrogen-bond acceptors (Lipinski definition) is 8. The van der Waals surface area contributed by atoms with Gasteiger partial charge in [0.1, 0.15) is 53.6 Å². The van der Waals surface area contributed by atoms with Crippen molar-refractivity contribution in [3.8, 4) is 16.9 Å². The smallest absolute Gasteiger partial charge is 0.394 e. The first-order valence-corrected chi connectivity index (χ1v) is 13.0. The van der Waals surface area contributed by atoms with Gasteiger partial charge in [-0.15, -0.1) is 15.3 Å². The average Bonchev–Trinajstić information content (AvgIpc) is 3.53. The largest absolute Gasteiger partial charge is 0.418 e. The summed E-state index contributed by atoms with van der Waals surface area (Å²) in [7, 11) is 0. The van der Waals surface area contributed by atoms with Gasteiger partial charge in [0.2, 0.25) is 0 Å². The summed E-state index contributed by atoms with van der Waals surface area (Å²) in [4.78, 5) is 0. The minimum Gasteiger partial charge on any atom is -0.394 e. The summed E-state index contributed by atoms with van der Waals surface area (Å²) in [6.07, 6.45) is -9.85. The minimum atomic E-state index is -4.80. The highest BCUT2D eigenvalue weighted by Gasteiger charge is 2.49. The zero-order chi connectivity index (χ0) is 29.8. The maximum Gasteiger partial charge on any atom is 0.418 e. The van der Waals surface area contributed by atoms with Gasteiger partial charge >= 0.3 is 6.18 Å². The molecule has 3 N–H and O–H groups in total. The van der Waals surface area contributed by atoms with E-state index < -0.39 is 66.1 Å². The van der Waals surface area contributed by atoms with Crippen LogP contribution >= 0.6 is 27.5 Å². The van der Waals surface area contributed by atoms with Crippen LogP contribution in [0.4, 0.5) is 22.0 Å². The predicted octanol–water partition coefficient (Wildman–Crippen LogP) is 3.94. The summed E-state index contributed by atoms with van der Waals surface area (Å²) in [6, 6.07) is 3.49. The van der Waals surface area contributed by atoms with Gasteiger partial charge in [-0.1, -0.05) is 16.8 Å². The Hall–Kier alpha value is -3.02.